The Hall–Kier alpha value is -2.58. The number of benzene rings is 2. The van der Waals surface area contributed by atoms with Gasteiger partial charge in [-0.15, -0.1) is 0 Å². The lowest BCUT2D eigenvalue weighted by Gasteiger charge is -2.14. The topological polar surface area (TPSA) is 81.1 Å². The summed E-state index contributed by atoms with van der Waals surface area (Å²) in [5, 5.41) is 0.393. The highest BCUT2D eigenvalue weighted by molar-refractivity contribution is 8.00. The molecule has 2 aromatic carbocycles. The Labute approximate surface area is 169 Å². The number of sulfonamides is 1. The van der Waals surface area contributed by atoms with E-state index < -0.39 is 10.0 Å². The van der Waals surface area contributed by atoms with E-state index >= 15 is 0 Å². The maximum Gasteiger partial charge on any atom is 0.229 e. The van der Waals surface area contributed by atoms with Crippen LogP contribution in [0.5, 0.6) is 0 Å². The number of imidazole rings is 1. The zero-order valence-corrected chi connectivity index (χ0v) is 17.4. The smallest absolute Gasteiger partial charge is 0.229 e. The van der Waals surface area contributed by atoms with Crippen LogP contribution in [0.3, 0.4) is 0 Å². The van der Waals surface area contributed by atoms with Crippen LogP contribution in [0.4, 0.5) is 5.69 Å². The minimum absolute atomic E-state index is 0.0461. The lowest BCUT2D eigenvalue weighted by Crippen LogP contribution is -2.15. The van der Waals surface area contributed by atoms with Crippen LogP contribution in [0.25, 0.3) is 5.69 Å². The molecule has 1 aromatic heterocycles. The third kappa shape index (κ3) is 4.82. The molecule has 1 N–H and O–H groups in total. The van der Waals surface area contributed by atoms with Crippen molar-refractivity contribution in [1.29, 1.82) is 0 Å². The molecule has 0 spiro atoms. The number of hydrogen-bond donors (Lipinski definition) is 1. The number of hydrogen-bond acceptors (Lipinski definition) is 5. The molecular formula is C20H21N3O3S2. The molecule has 0 radical (unpaired) electrons. The normalized spacial score (nSPS) is 12.5. The van der Waals surface area contributed by atoms with Gasteiger partial charge in [0.1, 0.15) is 0 Å². The average molecular weight is 416 g/mol. The van der Waals surface area contributed by atoms with Crippen LogP contribution in [0.15, 0.2) is 66.1 Å². The summed E-state index contributed by atoms with van der Waals surface area (Å²) in [5.74, 6) is -0.0461. The summed E-state index contributed by atoms with van der Waals surface area (Å²) in [6.45, 7) is 3.87. The van der Waals surface area contributed by atoms with Crippen molar-refractivity contribution >= 4 is 33.3 Å². The number of thioether (sulfide) groups is 1. The SMILES string of the molecule is Cc1ccccc1-n1ccnc1SC(C)C(=O)c1ccc(NS(C)(=O)=O)cc1. The summed E-state index contributed by atoms with van der Waals surface area (Å²) in [5.41, 5.74) is 3.09. The maximum atomic E-state index is 12.8. The van der Waals surface area contributed by atoms with Gasteiger partial charge in [0.15, 0.2) is 10.9 Å². The molecular weight excluding hydrogens is 394 g/mol. The number of aryl methyl sites for hydroxylation is 1. The Bertz CT molecular complexity index is 1090. The molecule has 0 saturated carbocycles. The average Bonchev–Trinajstić information content (AvgIpc) is 3.08. The number of carbonyl (C=O) groups excluding carboxylic acids is 1. The molecule has 0 bridgehead atoms. The first kappa shape index (κ1) is 20.2. The van der Waals surface area contributed by atoms with E-state index in [0.29, 0.717) is 11.3 Å². The molecule has 6 nitrogen and oxygen atoms in total. The molecule has 3 aromatic rings. The van der Waals surface area contributed by atoms with Gasteiger partial charge in [-0.25, -0.2) is 13.4 Å². The van der Waals surface area contributed by atoms with Crippen LogP contribution in [0.1, 0.15) is 22.8 Å². The molecule has 1 atom stereocenters. The summed E-state index contributed by atoms with van der Waals surface area (Å²) >= 11 is 1.39. The van der Waals surface area contributed by atoms with Crippen LogP contribution in [-0.2, 0) is 10.0 Å². The minimum Gasteiger partial charge on any atom is -0.295 e. The Kier molecular flexibility index (Phi) is 5.90. The van der Waals surface area contributed by atoms with E-state index in [1.54, 1.807) is 30.5 Å². The number of anilines is 1. The lowest BCUT2D eigenvalue weighted by molar-refractivity contribution is 0.0994. The maximum absolute atomic E-state index is 12.8. The summed E-state index contributed by atoms with van der Waals surface area (Å²) in [7, 11) is -3.35. The molecule has 1 heterocycles. The zero-order chi connectivity index (χ0) is 20.3. The molecule has 28 heavy (non-hydrogen) atoms. The molecule has 0 saturated heterocycles. The van der Waals surface area contributed by atoms with Crippen LogP contribution in [0.2, 0.25) is 0 Å². The second-order valence-corrected chi connectivity index (χ2v) is 9.50. The van der Waals surface area contributed by atoms with Crippen LogP contribution < -0.4 is 4.72 Å². The molecule has 146 valence electrons. The van der Waals surface area contributed by atoms with Gasteiger partial charge in [-0.2, -0.15) is 0 Å². The largest absolute Gasteiger partial charge is 0.295 e. The Balaban J connectivity index is 1.75. The van der Waals surface area contributed by atoms with Crippen molar-refractivity contribution in [2.45, 2.75) is 24.3 Å². The van der Waals surface area contributed by atoms with Crippen molar-refractivity contribution in [3.63, 3.8) is 0 Å². The van der Waals surface area contributed by atoms with Crippen molar-refractivity contribution in [3.8, 4) is 5.69 Å². The summed E-state index contributed by atoms with van der Waals surface area (Å²) in [6.07, 6.45) is 4.69. The Morgan fingerprint density at radius 2 is 1.82 bits per heavy atom. The van der Waals surface area contributed by atoms with Crippen molar-refractivity contribution in [1.82, 2.24) is 9.55 Å². The monoisotopic (exact) mass is 415 g/mol. The Morgan fingerprint density at radius 1 is 1.14 bits per heavy atom. The number of Topliss-reactive ketones (excluding diaryl/α,β-unsaturated/α-hetero) is 1. The van der Waals surface area contributed by atoms with Crippen molar-refractivity contribution in [3.05, 3.63) is 72.1 Å². The second-order valence-electron chi connectivity index (χ2n) is 6.44. The summed E-state index contributed by atoms with van der Waals surface area (Å²) < 4.78 is 26.9. The number of carbonyl (C=O) groups is 1. The Morgan fingerprint density at radius 3 is 2.46 bits per heavy atom. The second kappa shape index (κ2) is 8.20. The van der Waals surface area contributed by atoms with Gasteiger partial charge in [0.2, 0.25) is 10.0 Å². The molecule has 0 aliphatic rings. The van der Waals surface area contributed by atoms with Crippen LogP contribution in [0, 0.1) is 6.92 Å². The first-order valence-electron chi connectivity index (χ1n) is 8.62. The molecule has 8 heteroatoms. The zero-order valence-electron chi connectivity index (χ0n) is 15.8. The van der Waals surface area contributed by atoms with E-state index in [1.807, 2.05) is 48.9 Å². The van der Waals surface area contributed by atoms with E-state index in [1.165, 1.54) is 11.8 Å². The quantitative estimate of drug-likeness (QED) is 0.467. The van der Waals surface area contributed by atoms with Crippen molar-refractivity contribution in [2.24, 2.45) is 0 Å². The van der Waals surface area contributed by atoms with Gasteiger partial charge < -0.3 is 0 Å². The van der Waals surface area contributed by atoms with E-state index in [2.05, 4.69) is 9.71 Å². The van der Waals surface area contributed by atoms with Gasteiger partial charge in [-0.3, -0.25) is 14.1 Å². The fraction of sp³-hybridized carbons (Fsp3) is 0.200. The van der Waals surface area contributed by atoms with Gasteiger partial charge >= 0.3 is 0 Å². The highest BCUT2D eigenvalue weighted by Gasteiger charge is 2.20. The molecule has 0 aliphatic carbocycles. The molecule has 0 aliphatic heterocycles. The van der Waals surface area contributed by atoms with E-state index in [0.717, 1.165) is 22.7 Å². The standard InChI is InChI=1S/C20H21N3O3S2/c1-14-6-4-5-7-18(14)23-13-12-21-20(23)27-15(2)19(24)16-8-10-17(11-9-16)22-28(3,25)26/h4-13,15,22H,1-3H3. The number of nitrogens with zero attached hydrogens (tertiary/aromatic N) is 2. The predicted molar refractivity (Wildman–Crippen MR) is 113 cm³/mol. The fourth-order valence-electron chi connectivity index (χ4n) is 2.76. The molecule has 0 amide bonds. The fourth-order valence-corrected chi connectivity index (χ4v) is 4.28. The van der Waals surface area contributed by atoms with E-state index in [-0.39, 0.29) is 11.0 Å². The third-order valence-corrected chi connectivity index (χ3v) is 5.79. The number of nitrogens with one attached hydrogen (secondary N) is 1. The first-order valence-corrected chi connectivity index (χ1v) is 11.4. The highest BCUT2D eigenvalue weighted by Crippen LogP contribution is 2.28. The van der Waals surface area contributed by atoms with E-state index in [4.69, 9.17) is 0 Å². The van der Waals surface area contributed by atoms with Gasteiger partial charge in [0, 0.05) is 23.6 Å². The predicted octanol–water partition coefficient (Wildman–Crippen LogP) is 3.92. The highest BCUT2D eigenvalue weighted by atomic mass is 32.2. The van der Waals surface area contributed by atoms with E-state index in [9.17, 15) is 13.2 Å². The van der Waals surface area contributed by atoms with Crippen molar-refractivity contribution < 1.29 is 13.2 Å². The van der Waals surface area contributed by atoms with Crippen LogP contribution >= 0.6 is 11.8 Å². The molecule has 0 fully saturated rings. The molecule has 1 unspecified atom stereocenters. The number of ketones is 1. The van der Waals surface area contributed by atoms with Crippen LogP contribution in [-0.4, -0.2) is 35.3 Å². The number of aromatic nitrogens is 2. The summed E-state index contributed by atoms with van der Waals surface area (Å²) in [4.78, 5) is 17.2. The number of rotatable bonds is 7. The lowest BCUT2D eigenvalue weighted by atomic mass is 10.1. The third-order valence-electron chi connectivity index (χ3n) is 4.11. The number of para-hydroxylation sites is 1. The van der Waals surface area contributed by atoms with Gasteiger partial charge in [-0.05, 0) is 49.7 Å². The molecule has 3 rings (SSSR count). The van der Waals surface area contributed by atoms with Gasteiger partial charge in [-0.1, -0.05) is 30.0 Å². The minimum atomic E-state index is -3.35. The summed E-state index contributed by atoms with van der Waals surface area (Å²) in [6, 6.07) is 14.4. The van der Waals surface area contributed by atoms with Crippen molar-refractivity contribution in [2.75, 3.05) is 11.0 Å². The first-order chi connectivity index (χ1) is 13.2. The van der Waals surface area contributed by atoms with Gasteiger partial charge in [0.25, 0.3) is 0 Å². The van der Waals surface area contributed by atoms with Gasteiger partial charge in [0.05, 0.1) is 17.2 Å².